The van der Waals surface area contributed by atoms with E-state index < -0.39 is 0 Å². The summed E-state index contributed by atoms with van der Waals surface area (Å²) in [5.74, 6) is 2.35. The quantitative estimate of drug-likeness (QED) is 0.518. The van der Waals surface area contributed by atoms with Crippen molar-refractivity contribution in [1.29, 1.82) is 0 Å². The van der Waals surface area contributed by atoms with Crippen LogP contribution in [0, 0.1) is 5.41 Å². The van der Waals surface area contributed by atoms with Crippen LogP contribution in [0.5, 0.6) is 11.5 Å². The maximum Gasteiger partial charge on any atom is 0.165 e. The van der Waals surface area contributed by atoms with Gasteiger partial charge in [-0.1, -0.05) is 52.0 Å². The number of piperidine rings is 1. The van der Waals surface area contributed by atoms with E-state index in [0.29, 0.717) is 24.0 Å². The molecule has 5 nitrogen and oxygen atoms in total. The largest absolute Gasteiger partial charge is 0.493 e. The third-order valence-electron chi connectivity index (χ3n) is 10.0. The average Bonchev–Trinajstić information content (AvgIpc) is 3.21. The SMILES string of the molecule is COc1cc(CN2CCN(C3CC4(CCNCC4)C3)C(c3ccccc3C(C)C)C2)cc2c1OCC2(C)C. The maximum atomic E-state index is 6.05. The van der Waals surface area contributed by atoms with E-state index in [1.165, 1.54) is 55.5 Å². The summed E-state index contributed by atoms with van der Waals surface area (Å²) in [6.45, 7) is 16.6. The summed E-state index contributed by atoms with van der Waals surface area (Å²) in [7, 11) is 1.76. The normalized spacial score (nSPS) is 25.3. The predicted molar refractivity (Wildman–Crippen MR) is 154 cm³/mol. The summed E-state index contributed by atoms with van der Waals surface area (Å²) >= 11 is 0. The van der Waals surface area contributed by atoms with Crippen LogP contribution in [0.4, 0.5) is 0 Å². The molecule has 1 unspecified atom stereocenters. The van der Waals surface area contributed by atoms with E-state index in [-0.39, 0.29) is 5.41 Å². The Morgan fingerprint density at radius 1 is 1.08 bits per heavy atom. The molecule has 0 radical (unpaired) electrons. The highest BCUT2D eigenvalue weighted by Gasteiger charge is 2.49. The van der Waals surface area contributed by atoms with E-state index in [9.17, 15) is 0 Å². The molecular weight excluding hydrogens is 470 g/mol. The zero-order valence-corrected chi connectivity index (χ0v) is 24.2. The van der Waals surface area contributed by atoms with Crippen LogP contribution >= 0.6 is 0 Å². The Labute approximate surface area is 229 Å². The second-order valence-corrected chi connectivity index (χ2v) is 13.4. The van der Waals surface area contributed by atoms with Crippen molar-refractivity contribution in [3.05, 3.63) is 58.7 Å². The number of methoxy groups -OCH3 is 1. The molecule has 1 N–H and O–H groups in total. The molecule has 1 aliphatic carbocycles. The molecule has 5 heteroatoms. The first-order valence-electron chi connectivity index (χ1n) is 14.9. The number of piperazine rings is 1. The lowest BCUT2D eigenvalue weighted by Gasteiger charge is -2.57. The van der Waals surface area contributed by atoms with Crippen LogP contribution in [0.1, 0.15) is 87.6 Å². The Morgan fingerprint density at radius 3 is 2.58 bits per heavy atom. The van der Waals surface area contributed by atoms with Gasteiger partial charge in [-0.2, -0.15) is 0 Å². The molecule has 0 bridgehead atoms. The molecule has 3 heterocycles. The van der Waals surface area contributed by atoms with Crippen LogP contribution in [0.2, 0.25) is 0 Å². The Balaban J connectivity index is 1.26. The van der Waals surface area contributed by atoms with Crippen molar-refractivity contribution >= 4 is 0 Å². The van der Waals surface area contributed by atoms with E-state index in [4.69, 9.17) is 9.47 Å². The number of nitrogens with zero attached hydrogens (tertiary/aromatic N) is 2. The smallest absolute Gasteiger partial charge is 0.165 e. The third-order valence-corrected chi connectivity index (χ3v) is 10.0. The minimum Gasteiger partial charge on any atom is -0.493 e. The van der Waals surface area contributed by atoms with E-state index in [2.05, 4.69) is 79.2 Å². The molecular formula is C33H47N3O2. The zero-order valence-electron chi connectivity index (χ0n) is 24.2. The minimum atomic E-state index is 0.0187. The van der Waals surface area contributed by atoms with Gasteiger partial charge in [0.25, 0.3) is 0 Å². The van der Waals surface area contributed by atoms with Gasteiger partial charge in [0.1, 0.15) is 0 Å². The lowest BCUT2D eigenvalue weighted by Crippen LogP contribution is -2.59. The number of hydrogen-bond donors (Lipinski definition) is 1. The molecule has 1 saturated carbocycles. The van der Waals surface area contributed by atoms with Crippen molar-refractivity contribution in [3.8, 4) is 11.5 Å². The number of nitrogens with one attached hydrogen (secondary N) is 1. The Hall–Kier alpha value is -2.08. The molecule has 38 heavy (non-hydrogen) atoms. The van der Waals surface area contributed by atoms with E-state index in [1.54, 1.807) is 12.7 Å². The van der Waals surface area contributed by atoms with Gasteiger partial charge in [0, 0.05) is 49.2 Å². The summed E-state index contributed by atoms with van der Waals surface area (Å²) < 4.78 is 11.8. The van der Waals surface area contributed by atoms with Gasteiger partial charge in [-0.25, -0.2) is 0 Å². The molecule has 3 fully saturated rings. The van der Waals surface area contributed by atoms with Gasteiger partial charge < -0.3 is 14.8 Å². The first-order chi connectivity index (χ1) is 18.3. The molecule has 2 saturated heterocycles. The summed E-state index contributed by atoms with van der Waals surface area (Å²) in [5, 5.41) is 3.58. The Kier molecular flexibility index (Phi) is 6.99. The van der Waals surface area contributed by atoms with Crippen LogP contribution < -0.4 is 14.8 Å². The highest BCUT2D eigenvalue weighted by atomic mass is 16.5. The molecule has 206 valence electrons. The lowest BCUT2D eigenvalue weighted by atomic mass is 9.60. The van der Waals surface area contributed by atoms with Crippen LogP contribution in [-0.4, -0.2) is 62.3 Å². The van der Waals surface area contributed by atoms with Crippen molar-refractivity contribution in [3.63, 3.8) is 0 Å². The van der Waals surface area contributed by atoms with E-state index in [1.807, 2.05) is 0 Å². The van der Waals surface area contributed by atoms with Crippen LogP contribution in [0.15, 0.2) is 36.4 Å². The fraction of sp³-hybridized carbons (Fsp3) is 0.636. The third kappa shape index (κ3) is 4.76. The van der Waals surface area contributed by atoms with Gasteiger partial charge in [-0.15, -0.1) is 0 Å². The summed E-state index contributed by atoms with van der Waals surface area (Å²) in [4.78, 5) is 5.58. The lowest BCUT2D eigenvalue weighted by molar-refractivity contribution is -0.0650. The molecule has 3 aliphatic heterocycles. The predicted octanol–water partition coefficient (Wildman–Crippen LogP) is 5.88. The van der Waals surface area contributed by atoms with Crippen molar-refractivity contribution in [1.82, 2.24) is 15.1 Å². The zero-order chi connectivity index (χ0) is 26.5. The number of fused-ring (bicyclic) bond motifs is 1. The highest BCUT2D eigenvalue weighted by Crippen LogP contribution is 2.52. The van der Waals surface area contributed by atoms with Gasteiger partial charge in [0.2, 0.25) is 0 Å². The first-order valence-corrected chi connectivity index (χ1v) is 14.9. The Morgan fingerprint density at radius 2 is 1.84 bits per heavy atom. The topological polar surface area (TPSA) is 37.0 Å². The van der Waals surface area contributed by atoms with E-state index in [0.717, 1.165) is 43.7 Å². The number of benzene rings is 2. The fourth-order valence-corrected chi connectivity index (χ4v) is 7.73. The van der Waals surface area contributed by atoms with Crippen LogP contribution in [0.25, 0.3) is 0 Å². The molecule has 2 aromatic rings. The summed E-state index contributed by atoms with van der Waals surface area (Å²) in [6.07, 6.45) is 5.48. The number of ether oxygens (including phenoxy) is 2. The van der Waals surface area contributed by atoms with Gasteiger partial charge in [-0.05, 0) is 78.9 Å². The van der Waals surface area contributed by atoms with Crippen molar-refractivity contribution in [2.75, 3.05) is 46.4 Å². The van der Waals surface area contributed by atoms with Gasteiger partial charge in [-0.3, -0.25) is 9.80 Å². The number of hydrogen-bond acceptors (Lipinski definition) is 5. The van der Waals surface area contributed by atoms with Gasteiger partial charge in [0.05, 0.1) is 13.7 Å². The van der Waals surface area contributed by atoms with E-state index >= 15 is 0 Å². The first kappa shape index (κ1) is 26.2. The molecule has 1 atom stereocenters. The average molecular weight is 518 g/mol. The highest BCUT2D eigenvalue weighted by molar-refractivity contribution is 5.55. The monoisotopic (exact) mass is 517 g/mol. The maximum absolute atomic E-state index is 6.05. The van der Waals surface area contributed by atoms with Crippen molar-refractivity contribution < 1.29 is 9.47 Å². The fourth-order valence-electron chi connectivity index (χ4n) is 7.73. The van der Waals surface area contributed by atoms with Crippen LogP contribution in [0.3, 0.4) is 0 Å². The second-order valence-electron chi connectivity index (χ2n) is 13.4. The van der Waals surface area contributed by atoms with Gasteiger partial charge in [0.15, 0.2) is 11.5 Å². The minimum absolute atomic E-state index is 0.0187. The molecule has 0 aromatic heterocycles. The summed E-state index contributed by atoms with van der Waals surface area (Å²) in [5.41, 5.74) is 6.29. The molecule has 0 amide bonds. The molecule has 4 aliphatic rings. The molecule has 2 aromatic carbocycles. The molecule has 6 rings (SSSR count). The number of rotatable bonds is 6. The standard InChI is InChI=1S/C33H47N3O2/c1-23(2)26-8-6-7-9-27(26)29-21-35(14-15-36(29)25-18-33(19-25)10-12-34-13-11-33)20-24-16-28-31(30(17-24)37-5)38-22-32(28,3)4/h6-9,16-17,23,25,29,34H,10-15,18-22H2,1-5H3. The van der Waals surface area contributed by atoms with Crippen molar-refractivity contribution in [2.45, 2.75) is 83.3 Å². The summed E-state index contributed by atoms with van der Waals surface area (Å²) in [6, 6.07) is 15.0. The second kappa shape index (κ2) is 10.1. The van der Waals surface area contributed by atoms with Gasteiger partial charge >= 0.3 is 0 Å². The van der Waals surface area contributed by atoms with Crippen molar-refractivity contribution in [2.24, 2.45) is 5.41 Å². The molecule has 1 spiro atoms. The van der Waals surface area contributed by atoms with Crippen LogP contribution in [-0.2, 0) is 12.0 Å². The Bertz CT molecular complexity index is 1140.